The highest BCUT2D eigenvalue weighted by molar-refractivity contribution is 4.98. The molecule has 0 amide bonds. The Bertz CT molecular complexity index is 145. The molecule has 11 heavy (non-hydrogen) atoms. The van der Waals surface area contributed by atoms with Crippen molar-refractivity contribution in [2.75, 3.05) is 6.61 Å². The maximum Gasteiger partial charge on any atom is 0.116 e. The molecule has 1 aliphatic rings. The predicted octanol–water partition coefficient (Wildman–Crippen LogP) is -1.12. The first-order valence-electron chi connectivity index (χ1n) is 3.67. The first-order chi connectivity index (χ1) is 5.00. The Morgan fingerprint density at radius 1 is 1.55 bits per heavy atom. The Kier molecular flexibility index (Phi) is 2.20. The number of hydrogen-bond donors (Lipinski definition) is 3. The fraction of sp³-hybridized carbons (Fsp3) is 1.00. The van der Waals surface area contributed by atoms with Crippen LogP contribution in [0.25, 0.3) is 0 Å². The normalized spacial score (nSPS) is 51.5. The van der Waals surface area contributed by atoms with Gasteiger partial charge in [-0.25, -0.2) is 0 Å². The van der Waals surface area contributed by atoms with Gasteiger partial charge in [0.1, 0.15) is 17.8 Å². The minimum Gasteiger partial charge on any atom is -0.394 e. The Hall–Kier alpha value is -0.160. The smallest absolute Gasteiger partial charge is 0.116 e. The van der Waals surface area contributed by atoms with Crippen molar-refractivity contribution in [1.29, 1.82) is 0 Å². The summed E-state index contributed by atoms with van der Waals surface area (Å²) >= 11 is 0. The van der Waals surface area contributed by atoms with Crippen molar-refractivity contribution in [3.8, 4) is 0 Å². The predicted molar refractivity (Wildman–Crippen MR) is 38.1 cm³/mol. The van der Waals surface area contributed by atoms with Crippen LogP contribution in [-0.4, -0.2) is 45.8 Å². The molecule has 0 unspecified atom stereocenters. The van der Waals surface area contributed by atoms with Gasteiger partial charge in [0.25, 0.3) is 0 Å². The Morgan fingerprint density at radius 3 is 2.27 bits per heavy atom. The molecule has 0 spiro atoms. The highest BCUT2D eigenvalue weighted by Gasteiger charge is 2.49. The van der Waals surface area contributed by atoms with Gasteiger partial charge in [-0.15, -0.1) is 0 Å². The molecule has 0 saturated carbocycles. The molecule has 0 aromatic heterocycles. The second kappa shape index (κ2) is 2.71. The third-order valence-electron chi connectivity index (χ3n) is 2.33. The number of aliphatic hydroxyl groups excluding tert-OH is 2. The van der Waals surface area contributed by atoms with Crippen LogP contribution in [0.3, 0.4) is 0 Å². The van der Waals surface area contributed by atoms with E-state index in [9.17, 15) is 10.2 Å². The van der Waals surface area contributed by atoms with E-state index in [2.05, 4.69) is 0 Å². The summed E-state index contributed by atoms with van der Waals surface area (Å²) in [5.41, 5.74) is -1.24. The van der Waals surface area contributed by atoms with E-state index in [4.69, 9.17) is 9.84 Å². The van der Waals surface area contributed by atoms with Gasteiger partial charge in [-0.2, -0.15) is 0 Å². The molecule has 0 bridgehead atoms. The van der Waals surface area contributed by atoms with E-state index >= 15 is 0 Å². The molecule has 0 aromatic rings. The molecule has 1 rings (SSSR count). The molecule has 0 aromatic carbocycles. The first kappa shape index (κ1) is 8.93. The van der Waals surface area contributed by atoms with Gasteiger partial charge in [0.2, 0.25) is 0 Å². The zero-order valence-electron chi connectivity index (χ0n) is 6.69. The lowest BCUT2D eigenvalue weighted by molar-refractivity contribution is -0.0572. The van der Waals surface area contributed by atoms with Gasteiger partial charge in [0.05, 0.1) is 12.7 Å². The van der Waals surface area contributed by atoms with Crippen LogP contribution in [0.4, 0.5) is 0 Å². The molecule has 4 nitrogen and oxygen atoms in total. The van der Waals surface area contributed by atoms with E-state index in [1.54, 1.807) is 6.92 Å². The minimum absolute atomic E-state index is 0.262. The molecular formula is C7H14O4. The summed E-state index contributed by atoms with van der Waals surface area (Å²) < 4.78 is 5.09. The van der Waals surface area contributed by atoms with Crippen molar-refractivity contribution < 1.29 is 20.1 Å². The summed E-state index contributed by atoms with van der Waals surface area (Å²) in [4.78, 5) is 0. The van der Waals surface area contributed by atoms with Crippen molar-refractivity contribution in [2.45, 2.75) is 37.8 Å². The maximum absolute atomic E-state index is 9.55. The highest BCUT2D eigenvalue weighted by Crippen LogP contribution is 2.29. The Morgan fingerprint density at radius 2 is 2.09 bits per heavy atom. The van der Waals surface area contributed by atoms with Crippen molar-refractivity contribution in [1.82, 2.24) is 0 Å². The van der Waals surface area contributed by atoms with Crippen molar-refractivity contribution in [3.05, 3.63) is 0 Å². The molecule has 66 valence electrons. The monoisotopic (exact) mass is 162 g/mol. The van der Waals surface area contributed by atoms with Crippen LogP contribution in [-0.2, 0) is 4.74 Å². The maximum atomic E-state index is 9.55. The van der Waals surface area contributed by atoms with Gasteiger partial charge in [0.15, 0.2) is 0 Å². The number of rotatable bonds is 1. The van der Waals surface area contributed by atoms with Gasteiger partial charge >= 0.3 is 0 Å². The fourth-order valence-electron chi connectivity index (χ4n) is 1.23. The van der Waals surface area contributed by atoms with E-state index in [0.717, 1.165) is 0 Å². The molecule has 4 atom stereocenters. The van der Waals surface area contributed by atoms with E-state index < -0.39 is 23.9 Å². The van der Waals surface area contributed by atoms with Crippen molar-refractivity contribution >= 4 is 0 Å². The molecular weight excluding hydrogens is 148 g/mol. The van der Waals surface area contributed by atoms with E-state index in [1.165, 1.54) is 6.92 Å². The summed E-state index contributed by atoms with van der Waals surface area (Å²) in [5, 5.41) is 27.6. The average Bonchev–Trinajstić information content (AvgIpc) is 2.14. The minimum atomic E-state index is -1.24. The van der Waals surface area contributed by atoms with E-state index in [1.807, 2.05) is 0 Å². The summed E-state index contributed by atoms with van der Waals surface area (Å²) in [7, 11) is 0. The molecule has 0 radical (unpaired) electrons. The van der Waals surface area contributed by atoms with Crippen molar-refractivity contribution in [3.63, 3.8) is 0 Å². The summed E-state index contributed by atoms with van der Waals surface area (Å²) in [6.07, 6.45) is -2.09. The van der Waals surface area contributed by atoms with Crippen molar-refractivity contribution in [2.24, 2.45) is 0 Å². The van der Waals surface area contributed by atoms with Gasteiger partial charge < -0.3 is 20.1 Å². The standard InChI is InChI=1S/C7H14O4/c1-4-7(2,10)6(9)5(3-8)11-4/h4-6,8-10H,3H2,1-2H3/t4-,5+,6+,7-/m0/s1. The first-order valence-corrected chi connectivity index (χ1v) is 3.67. The second-order valence-electron chi connectivity index (χ2n) is 3.17. The lowest BCUT2D eigenvalue weighted by Gasteiger charge is -2.23. The lowest BCUT2D eigenvalue weighted by atomic mass is 9.94. The fourth-order valence-corrected chi connectivity index (χ4v) is 1.23. The van der Waals surface area contributed by atoms with Gasteiger partial charge in [-0.05, 0) is 13.8 Å². The number of aliphatic hydroxyl groups is 3. The van der Waals surface area contributed by atoms with Gasteiger partial charge in [-0.1, -0.05) is 0 Å². The molecule has 0 aliphatic carbocycles. The molecule has 1 fully saturated rings. The van der Waals surface area contributed by atoms with E-state index in [-0.39, 0.29) is 6.61 Å². The third kappa shape index (κ3) is 1.27. The zero-order valence-corrected chi connectivity index (χ0v) is 6.69. The molecule has 1 saturated heterocycles. The van der Waals surface area contributed by atoms with Crippen LogP contribution in [0.1, 0.15) is 13.8 Å². The van der Waals surface area contributed by atoms with Gasteiger partial charge in [0, 0.05) is 0 Å². The summed E-state index contributed by atoms with van der Waals surface area (Å²) in [6, 6.07) is 0. The van der Waals surface area contributed by atoms with Crippen LogP contribution >= 0.6 is 0 Å². The topological polar surface area (TPSA) is 69.9 Å². The second-order valence-corrected chi connectivity index (χ2v) is 3.17. The Balaban J connectivity index is 2.71. The van der Waals surface area contributed by atoms with Gasteiger partial charge in [-0.3, -0.25) is 0 Å². The lowest BCUT2D eigenvalue weighted by Crippen LogP contribution is -2.44. The van der Waals surface area contributed by atoms with Crippen LogP contribution in [0.15, 0.2) is 0 Å². The average molecular weight is 162 g/mol. The quantitative estimate of drug-likeness (QED) is 0.456. The number of ether oxygens (including phenoxy) is 1. The molecule has 3 N–H and O–H groups in total. The van der Waals surface area contributed by atoms with Crippen LogP contribution < -0.4 is 0 Å². The SMILES string of the molecule is C[C@@H]1O[C@H](CO)[C@@H](O)[C@@]1(C)O. The van der Waals surface area contributed by atoms with E-state index in [0.29, 0.717) is 0 Å². The third-order valence-corrected chi connectivity index (χ3v) is 2.33. The summed E-state index contributed by atoms with van der Waals surface area (Å²) in [5.74, 6) is 0. The molecule has 1 aliphatic heterocycles. The zero-order chi connectivity index (χ0) is 8.65. The summed E-state index contributed by atoms with van der Waals surface area (Å²) in [6.45, 7) is 2.90. The molecule has 4 heteroatoms. The highest BCUT2D eigenvalue weighted by atomic mass is 16.6. The largest absolute Gasteiger partial charge is 0.394 e. The number of hydrogen-bond acceptors (Lipinski definition) is 4. The van der Waals surface area contributed by atoms with Crippen LogP contribution in [0.2, 0.25) is 0 Å². The Labute approximate surface area is 65.4 Å². The van der Waals surface area contributed by atoms with Crippen LogP contribution in [0, 0.1) is 0 Å². The molecule has 1 heterocycles. The van der Waals surface area contributed by atoms with Crippen LogP contribution in [0.5, 0.6) is 0 Å².